The number of hydrogen-bond donors (Lipinski definition) is 0. The molecule has 39 heavy (non-hydrogen) atoms. The minimum Gasteiger partial charge on any atom is -0.297 e. The molecule has 1 heterocycles. The second kappa shape index (κ2) is 9.32. The van der Waals surface area contributed by atoms with Crippen LogP contribution in [0.5, 0.6) is 0 Å². The van der Waals surface area contributed by atoms with Crippen molar-refractivity contribution in [1.29, 1.82) is 0 Å². The van der Waals surface area contributed by atoms with Gasteiger partial charge in [0, 0.05) is 12.3 Å². The van der Waals surface area contributed by atoms with E-state index in [0.29, 0.717) is 24.0 Å². The largest absolute Gasteiger partial charge is 0.297 e. The Kier molecular flexibility index (Phi) is 5.62. The number of nitrogens with zero attached hydrogens (tertiary/aromatic N) is 1. The number of rotatable bonds is 5. The van der Waals surface area contributed by atoms with Crippen LogP contribution in [0.2, 0.25) is 0 Å². The van der Waals surface area contributed by atoms with Crippen molar-refractivity contribution in [3.8, 4) is 0 Å². The van der Waals surface area contributed by atoms with Crippen molar-refractivity contribution < 1.29 is 14.4 Å². The quantitative estimate of drug-likeness (QED) is 0.192. The average molecular weight is 510 g/mol. The molecule has 0 saturated heterocycles. The SMILES string of the molecule is O=C(C(Cc1ccccc1)N1C(=O)c2ccccc2C1=O)[C@H]1CCCc2c1ccc1c2ccc2ccccc21. The molecule has 0 radical (unpaired) electrons. The van der Waals surface area contributed by atoms with Gasteiger partial charge >= 0.3 is 0 Å². The highest BCUT2D eigenvalue weighted by Crippen LogP contribution is 2.40. The minimum atomic E-state index is -0.872. The summed E-state index contributed by atoms with van der Waals surface area (Å²) in [6.45, 7) is 0. The Labute approximate surface area is 226 Å². The van der Waals surface area contributed by atoms with E-state index in [1.165, 1.54) is 32.0 Å². The van der Waals surface area contributed by atoms with Crippen molar-refractivity contribution in [2.45, 2.75) is 37.6 Å². The highest BCUT2D eigenvalue weighted by molar-refractivity contribution is 6.23. The number of benzene rings is 5. The van der Waals surface area contributed by atoms with Crippen LogP contribution in [0.4, 0.5) is 0 Å². The van der Waals surface area contributed by atoms with Gasteiger partial charge in [-0.15, -0.1) is 0 Å². The second-order valence-electron chi connectivity index (χ2n) is 10.6. The lowest BCUT2D eigenvalue weighted by Gasteiger charge is -2.32. The highest BCUT2D eigenvalue weighted by Gasteiger charge is 2.45. The summed E-state index contributed by atoms with van der Waals surface area (Å²) in [4.78, 5) is 42.8. The first-order valence-electron chi connectivity index (χ1n) is 13.6. The monoisotopic (exact) mass is 509 g/mol. The van der Waals surface area contributed by atoms with Crippen molar-refractivity contribution in [1.82, 2.24) is 4.90 Å². The van der Waals surface area contributed by atoms with E-state index in [9.17, 15) is 14.4 Å². The number of ketones is 1. The van der Waals surface area contributed by atoms with Gasteiger partial charge in [0.2, 0.25) is 0 Å². The van der Waals surface area contributed by atoms with E-state index in [1.807, 2.05) is 36.4 Å². The third-order valence-electron chi connectivity index (χ3n) is 8.45. The van der Waals surface area contributed by atoms with Crippen LogP contribution < -0.4 is 0 Å². The molecule has 1 aliphatic heterocycles. The van der Waals surface area contributed by atoms with Gasteiger partial charge in [0.05, 0.1) is 11.1 Å². The summed E-state index contributed by atoms with van der Waals surface area (Å²) in [5.41, 5.74) is 3.91. The van der Waals surface area contributed by atoms with Crippen LogP contribution in [0, 0.1) is 0 Å². The molecule has 4 nitrogen and oxygen atoms in total. The van der Waals surface area contributed by atoms with Crippen LogP contribution in [-0.2, 0) is 17.6 Å². The van der Waals surface area contributed by atoms with Crippen LogP contribution in [0.25, 0.3) is 21.5 Å². The number of fused-ring (bicyclic) bond motifs is 6. The molecule has 1 unspecified atom stereocenters. The van der Waals surface area contributed by atoms with E-state index >= 15 is 0 Å². The van der Waals surface area contributed by atoms with Crippen LogP contribution in [0.1, 0.15) is 56.2 Å². The lowest BCUT2D eigenvalue weighted by Crippen LogP contribution is -2.48. The number of carbonyl (C=O) groups is 3. The molecule has 0 fully saturated rings. The van der Waals surface area contributed by atoms with Crippen LogP contribution in [0.3, 0.4) is 0 Å². The molecular weight excluding hydrogens is 482 g/mol. The van der Waals surface area contributed by atoms with E-state index in [2.05, 4.69) is 42.5 Å². The van der Waals surface area contributed by atoms with Crippen molar-refractivity contribution in [3.63, 3.8) is 0 Å². The first-order chi connectivity index (χ1) is 19.1. The zero-order valence-electron chi connectivity index (χ0n) is 21.5. The Morgan fingerprint density at radius 2 is 1.38 bits per heavy atom. The first-order valence-corrected chi connectivity index (χ1v) is 13.6. The molecule has 5 aromatic rings. The summed E-state index contributed by atoms with van der Waals surface area (Å²) >= 11 is 0. The van der Waals surface area contributed by atoms with Crippen LogP contribution in [0.15, 0.2) is 103 Å². The van der Waals surface area contributed by atoms with Gasteiger partial charge in [0.15, 0.2) is 5.78 Å². The number of imide groups is 1. The predicted octanol–water partition coefficient (Wildman–Crippen LogP) is 6.89. The average Bonchev–Trinajstić information content (AvgIpc) is 3.24. The van der Waals surface area contributed by atoms with Crippen molar-refractivity contribution >= 4 is 39.1 Å². The maximum atomic E-state index is 14.5. The molecule has 0 spiro atoms. The molecule has 5 aromatic carbocycles. The molecule has 0 bridgehead atoms. The highest BCUT2D eigenvalue weighted by atomic mass is 16.2. The summed E-state index contributed by atoms with van der Waals surface area (Å²) in [6.07, 6.45) is 2.80. The molecule has 7 rings (SSSR count). The third kappa shape index (κ3) is 3.78. The van der Waals surface area contributed by atoms with E-state index in [4.69, 9.17) is 0 Å². The van der Waals surface area contributed by atoms with E-state index in [-0.39, 0.29) is 23.5 Å². The molecule has 2 atom stereocenters. The lowest BCUT2D eigenvalue weighted by molar-refractivity contribution is -0.124. The maximum Gasteiger partial charge on any atom is 0.262 e. The van der Waals surface area contributed by atoms with Gasteiger partial charge in [-0.3, -0.25) is 19.3 Å². The van der Waals surface area contributed by atoms with E-state index in [1.54, 1.807) is 24.3 Å². The zero-order valence-corrected chi connectivity index (χ0v) is 21.5. The maximum absolute atomic E-state index is 14.5. The topological polar surface area (TPSA) is 54.5 Å². The summed E-state index contributed by atoms with van der Waals surface area (Å²) in [6, 6.07) is 32.6. The summed E-state index contributed by atoms with van der Waals surface area (Å²) in [5, 5.41) is 4.78. The molecule has 4 heteroatoms. The molecular formula is C35H27NO3. The Morgan fingerprint density at radius 3 is 2.15 bits per heavy atom. The summed E-state index contributed by atoms with van der Waals surface area (Å²) in [7, 11) is 0. The Bertz CT molecular complexity index is 1750. The standard InChI is InChI=1S/C35H27NO3/c37-33(29-16-8-15-25-27-18-17-23-11-4-5-12-24(23)26(27)19-20-28(25)29)32(21-22-9-2-1-3-10-22)36-34(38)30-13-6-7-14-31(30)35(36)39/h1-7,9-14,17-20,29,32H,8,15-16,21H2/t29-,32?/m0/s1. The fourth-order valence-corrected chi connectivity index (χ4v) is 6.59. The van der Waals surface area contributed by atoms with Gasteiger partial charge in [-0.1, -0.05) is 91.0 Å². The fraction of sp³-hybridized carbons (Fsp3) is 0.171. The molecule has 0 N–H and O–H groups in total. The molecule has 0 saturated carbocycles. The lowest BCUT2D eigenvalue weighted by atomic mass is 9.76. The number of amides is 2. The third-order valence-corrected chi connectivity index (χ3v) is 8.45. The number of Topliss-reactive ketones (excluding diaryl/α,β-unsaturated/α-hetero) is 1. The molecule has 2 aliphatic rings. The zero-order chi connectivity index (χ0) is 26.5. The predicted molar refractivity (Wildman–Crippen MR) is 153 cm³/mol. The van der Waals surface area contributed by atoms with E-state index < -0.39 is 6.04 Å². The van der Waals surface area contributed by atoms with E-state index in [0.717, 1.165) is 24.0 Å². The van der Waals surface area contributed by atoms with Gasteiger partial charge in [0.1, 0.15) is 6.04 Å². The number of aryl methyl sites for hydroxylation is 1. The van der Waals surface area contributed by atoms with Gasteiger partial charge in [0.25, 0.3) is 11.8 Å². The molecule has 1 aliphatic carbocycles. The minimum absolute atomic E-state index is 0.0607. The first kappa shape index (κ1) is 23.5. The van der Waals surface area contributed by atoms with Gasteiger partial charge < -0.3 is 0 Å². The Morgan fingerprint density at radius 1 is 0.718 bits per heavy atom. The van der Waals surface area contributed by atoms with Crippen LogP contribution >= 0.6 is 0 Å². The van der Waals surface area contributed by atoms with Crippen LogP contribution in [-0.4, -0.2) is 28.5 Å². The summed E-state index contributed by atoms with van der Waals surface area (Å²) < 4.78 is 0. The summed E-state index contributed by atoms with van der Waals surface area (Å²) in [5.74, 6) is -1.20. The second-order valence-corrected chi connectivity index (χ2v) is 10.6. The fourth-order valence-electron chi connectivity index (χ4n) is 6.59. The van der Waals surface area contributed by atoms with Gasteiger partial charge in [-0.2, -0.15) is 0 Å². The van der Waals surface area contributed by atoms with Gasteiger partial charge in [-0.25, -0.2) is 0 Å². The number of hydrogen-bond acceptors (Lipinski definition) is 3. The molecule has 190 valence electrons. The van der Waals surface area contributed by atoms with Gasteiger partial charge in [-0.05, 0) is 69.6 Å². The molecule has 0 aromatic heterocycles. The Balaban J connectivity index is 1.32. The Hall–Kier alpha value is -4.57. The van der Waals surface area contributed by atoms with Crippen molar-refractivity contribution in [2.24, 2.45) is 0 Å². The normalized spacial score (nSPS) is 17.3. The van der Waals surface area contributed by atoms with Crippen molar-refractivity contribution in [3.05, 3.63) is 131 Å². The van der Waals surface area contributed by atoms with Crippen molar-refractivity contribution in [2.75, 3.05) is 0 Å². The molecule has 2 amide bonds. The smallest absolute Gasteiger partial charge is 0.262 e. The number of carbonyl (C=O) groups excluding carboxylic acids is 3.